The zero-order valence-electron chi connectivity index (χ0n) is 12.9. The molecule has 124 valence electrons. The first-order valence-corrected chi connectivity index (χ1v) is 9.36. The smallest absolute Gasteiger partial charge is 0.309 e. The highest BCUT2D eigenvalue weighted by atomic mass is 32.2. The molecule has 1 aromatic carbocycles. The first-order chi connectivity index (χ1) is 10.8. The van der Waals surface area contributed by atoms with Crippen LogP contribution in [0.5, 0.6) is 0 Å². The van der Waals surface area contributed by atoms with Crippen LogP contribution in [0.15, 0.2) is 28.5 Å². The second kappa shape index (κ2) is 7.20. The number of nitrogens with zero attached hydrogens (tertiary/aromatic N) is 1. The maximum Gasteiger partial charge on any atom is 0.309 e. The van der Waals surface area contributed by atoms with Crippen LogP contribution in [0.4, 0.5) is 0 Å². The lowest BCUT2D eigenvalue weighted by molar-refractivity contribution is -0.136. The Kier molecular flexibility index (Phi) is 5.51. The van der Waals surface area contributed by atoms with Crippen molar-refractivity contribution < 1.29 is 18.3 Å². The summed E-state index contributed by atoms with van der Waals surface area (Å²) in [4.78, 5) is 15.1. The number of benzene rings is 1. The molecule has 0 aliphatic heterocycles. The molecular weight excluding hydrogens is 336 g/mol. The first kappa shape index (κ1) is 17.6. The summed E-state index contributed by atoms with van der Waals surface area (Å²) < 4.78 is 27.2. The molecule has 0 saturated carbocycles. The number of nitrogens with one attached hydrogen (secondary N) is 1. The van der Waals surface area contributed by atoms with Crippen molar-refractivity contribution in [1.82, 2.24) is 9.71 Å². The summed E-state index contributed by atoms with van der Waals surface area (Å²) >= 11 is 1.33. The zero-order valence-corrected chi connectivity index (χ0v) is 14.5. The van der Waals surface area contributed by atoms with Gasteiger partial charge in [-0.1, -0.05) is 17.7 Å². The fourth-order valence-corrected chi connectivity index (χ4v) is 4.23. The number of rotatable bonds is 7. The van der Waals surface area contributed by atoms with E-state index in [1.54, 1.807) is 24.4 Å². The average Bonchev–Trinajstić information content (AvgIpc) is 2.84. The van der Waals surface area contributed by atoms with Gasteiger partial charge in [0.1, 0.15) is 0 Å². The Morgan fingerprint density at radius 3 is 2.74 bits per heavy atom. The van der Waals surface area contributed by atoms with E-state index in [9.17, 15) is 13.2 Å². The topological polar surface area (TPSA) is 96.4 Å². The number of carboxylic acids is 1. The number of hydrogen-bond acceptors (Lipinski definition) is 5. The quantitative estimate of drug-likeness (QED) is 0.792. The second-order valence-electron chi connectivity index (χ2n) is 5.22. The van der Waals surface area contributed by atoms with Crippen LogP contribution in [0, 0.1) is 13.8 Å². The van der Waals surface area contributed by atoms with Crippen molar-refractivity contribution in [2.75, 3.05) is 6.54 Å². The molecule has 0 aliphatic carbocycles. The molecule has 0 unspecified atom stereocenters. The van der Waals surface area contributed by atoms with Gasteiger partial charge in [0, 0.05) is 18.3 Å². The summed E-state index contributed by atoms with van der Waals surface area (Å²) in [6, 6.07) is 5.19. The van der Waals surface area contributed by atoms with Gasteiger partial charge in [0.2, 0.25) is 10.0 Å². The molecule has 0 amide bonds. The Morgan fingerprint density at radius 1 is 1.35 bits per heavy atom. The molecule has 23 heavy (non-hydrogen) atoms. The minimum Gasteiger partial charge on any atom is -0.481 e. The Hall–Kier alpha value is -1.77. The van der Waals surface area contributed by atoms with E-state index in [-0.39, 0.29) is 17.9 Å². The molecular formula is C15H18N2O4S2. The van der Waals surface area contributed by atoms with Crippen LogP contribution in [-0.4, -0.2) is 31.0 Å². The van der Waals surface area contributed by atoms with Gasteiger partial charge in [-0.3, -0.25) is 4.79 Å². The van der Waals surface area contributed by atoms with Crippen LogP contribution in [0.2, 0.25) is 0 Å². The van der Waals surface area contributed by atoms with Gasteiger partial charge in [-0.25, -0.2) is 18.1 Å². The summed E-state index contributed by atoms with van der Waals surface area (Å²) in [5.41, 5.74) is 2.21. The molecule has 2 rings (SSSR count). The van der Waals surface area contributed by atoms with Gasteiger partial charge in [0.05, 0.1) is 22.0 Å². The Balaban J connectivity index is 1.97. The third-order valence-corrected chi connectivity index (χ3v) is 5.76. The fourth-order valence-electron chi connectivity index (χ4n) is 2.17. The van der Waals surface area contributed by atoms with E-state index in [4.69, 9.17) is 5.11 Å². The summed E-state index contributed by atoms with van der Waals surface area (Å²) in [5.74, 6) is -0.933. The van der Waals surface area contributed by atoms with Gasteiger partial charge in [-0.2, -0.15) is 0 Å². The van der Waals surface area contributed by atoms with Crippen molar-refractivity contribution in [3.63, 3.8) is 0 Å². The van der Waals surface area contributed by atoms with Crippen molar-refractivity contribution >= 4 is 27.3 Å². The van der Waals surface area contributed by atoms with E-state index in [2.05, 4.69) is 9.71 Å². The highest BCUT2D eigenvalue weighted by Crippen LogP contribution is 2.16. The predicted octanol–water partition coefficient (Wildman–Crippen LogP) is 1.91. The number of carbonyl (C=O) groups is 1. The second-order valence-corrected chi connectivity index (χ2v) is 7.90. The molecule has 0 aliphatic rings. The van der Waals surface area contributed by atoms with E-state index in [0.29, 0.717) is 22.7 Å². The van der Waals surface area contributed by atoms with Gasteiger partial charge >= 0.3 is 5.97 Å². The summed E-state index contributed by atoms with van der Waals surface area (Å²) in [6.07, 6.45) is 0.305. The predicted molar refractivity (Wildman–Crippen MR) is 88.3 cm³/mol. The molecule has 0 bridgehead atoms. The molecule has 2 N–H and O–H groups in total. The molecule has 0 fully saturated rings. The fraction of sp³-hybridized carbons (Fsp3) is 0.333. The first-order valence-electron chi connectivity index (χ1n) is 7.00. The summed E-state index contributed by atoms with van der Waals surface area (Å²) in [6.45, 7) is 3.89. The zero-order chi connectivity index (χ0) is 17.0. The maximum absolute atomic E-state index is 12.3. The van der Waals surface area contributed by atoms with Gasteiger partial charge < -0.3 is 5.11 Å². The van der Waals surface area contributed by atoms with E-state index >= 15 is 0 Å². The molecule has 8 heteroatoms. The molecule has 2 aromatic rings. The van der Waals surface area contributed by atoms with Crippen molar-refractivity contribution in [3.05, 3.63) is 45.4 Å². The van der Waals surface area contributed by atoms with Crippen LogP contribution in [0.1, 0.15) is 21.8 Å². The van der Waals surface area contributed by atoms with Crippen molar-refractivity contribution in [3.8, 4) is 0 Å². The minimum absolute atomic E-state index is 0.120. The number of carboxylic acid groups (broad SMARTS) is 1. The monoisotopic (exact) mass is 354 g/mol. The summed E-state index contributed by atoms with van der Waals surface area (Å²) in [5, 5.41) is 11.1. The molecule has 0 atom stereocenters. The van der Waals surface area contributed by atoms with E-state index in [1.165, 1.54) is 11.3 Å². The SMILES string of the molecule is Cc1ccc(S(=O)(=O)NCCc2nc(CC(=O)O)cs2)c(C)c1. The third-order valence-electron chi connectivity index (χ3n) is 3.18. The Morgan fingerprint density at radius 2 is 2.09 bits per heavy atom. The van der Waals surface area contributed by atoms with E-state index in [0.717, 1.165) is 5.56 Å². The minimum atomic E-state index is -3.56. The molecule has 0 radical (unpaired) electrons. The maximum atomic E-state index is 12.3. The van der Waals surface area contributed by atoms with Crippen LogP contribution in [0.25, 0.3) is 0 Å². The molecule has 1 aromatic heterocycles. The highest BCUT2D eigenvalue weighted by Gasteiger charge is 2.16. The average molecular weight is 354 g/mol. The van der Waals surface area contributed by atoms with Crippen LogP contribution in [0.3, 0.4) is 0 Å². The van der Waals surface area contributed by atoms with E-state index in [1.807, 2.05) is 13.0 Å². The van der Waals surface area contributed by atoms with Gasteiger partial charge in [-0.15, -0.1) is 11.3 Å². The largest absolute Gasteiger partial charge is 0.481 e. The van der Waals surface area contributed by atoms with Crippen LogP contribution < -0.4 is 4.72 Å². The van der Waals surface area contributed by atoms with E-state index < -0.39 is 16.0 Å². The Bertz CT molecular complexity index is 813. The van der Waals surface area contributed by atoms with Gasteiger partial charge in [0.15, 0.2) is 0 Å². The number of aliphatic carboxylic acids is 1. The normalized spacial score (nSPS) is 11.6. The molecule has 1 heterocycles. The van der Waals surface area contributed by atoms with Crippen LogP contribution in [-0.2, 0) is 27.7 Å². The molecule has 0 spiro atoms. The van der Waals surface area contributed by atoms with Crippen molar-refractivity contribution in [2.24, 2.45) is 0 Å². The van der Waals surface area contributed by atoms with Crippen molar-refractivity contribution in [1.29, 1.82) is 0 Å². The lowest BCUT2D eigenvalue weighted by Crippen LogP contribution is -2.26. The Labute approximate surface area is 139 Å². The summed E-state index contributed by atoms with van der Waals surface area (Å²) in [7, 11) is -3.56. The van der Waals surface area contributed by atoms with Crippen LogP contribution >= 0.6 is 11.3 Å². The number of aromatic nitrogens is 1. The molecule has 0 saturated heterocycles. The lowest BCUT2D eigenvalue weighted by atomic mass is 10.2. The number of thiazole rings is 1. The highest BCUT2D eigenvalue weighted by molar-refractivity contribution is 7.89. The number of hydrogen-bond donors (Lipinski definition) is 2. The standard InChI is InChI=1S/C15H18N2O4S2/c1-10-3-4-13(11(2)7-10)23(20,21)16-6-5-14-17-12(9-22-14)8-15(18)19/h3-4,7,9,16H,5-6,8H2,1-2H3,(H,18,19). The van der Waals surface area contributed by atoms with Gasteiger partial charge in [0.25, 0.3) is 0 Å². The number of aryl methyl sites for hydroxylation is 2. The third kappa shape index (κ3) is 4.85. The molecule has 6 nitrogen and oxygen atoms in total. The van der Waals surface area contributed by atoms with Crippen molar-refractivity contribution in [2.45, 2.75) is 31.6 Å². The number of sulfonamides is 1. The lowest BCUT2D eigenvalue weighted by Gasteiger charge is -2.09. The van der Waals surface area contributed by atoms with Gasteiger partial charge in [-0.05, 0) is 25.5 Å².